The first-order valence-corrected chi connectivity index (χ1v) is 11.9. The summed E-state index contributed by atoms with van der Waals surface area (Å²) in [7, 11) is 0. The number of hydrogen-bond donors (Lipinski definition) is 0. The molecule has 0 spiro atoms. The molecule has 1 aromatic heterocycles. The Morgan fingerprint density at radius 2 is 1.61 bits per heavy atom. The Balaban J connectivity index is 1.25. The van der Waals surface area contributed by atoms with E-state index in [1.54, 1.807) is 0 Å². The number of amides is 2. The van der Waals surface area contributed by atoms with E-state index in [1.807, 2.05) is 27.3 Å². The van der Waals surface area contributed by atoms with Gasteiger partial charge in [-0.2, -0.15) is 0 Å². The molecule has 0 radical (unpaired) electrons. The lowest BCUT2D eigenvalue weighted by atomic mass is 9.97. The fourth-order valence-electron chi connectivity index (χ4n) is 4.53. The maximum Gasteiger partial charge on any atom is 0.264 e. The summed E-state index contributed by atoms with van der Waals surface area (Å²) in [6.45, 7) is 11.1. The van der Waals surface area contributed by atoms with Crippen molar-refractivity contribution in [2.75, 3.05) is 52.4 Å². The van der Waals surface area contributed by atoms with Crippen molar-refractivity contribution in [2.45, 2.75) is 25.9 Å². The Labute approximate surface area is 189 Å². The van der Waals surface area contributed by atoms with Crippen molar-refractivity contribution in [2.24, 2.45) is 0 Å². The molecule has 2 aromatic rings. The molecular formula is C24H32N4O2S. The molecule has 0 unspecified atom stereocenters. The highest BCUT2D eigenvalue weighted by molar-refractivity contribution is 7.12. The summed E-state index contributed by atoms with van der Waals surface area (Å²) >= 11 is 1.47. The molecule has 166 valence electrons. The Bertz CT molecular complexity index is 876. The van der Waals surface area contributed by atoms with E-state index in [-0.39, 0.29) is 17.4 Å². The summed E-state index contributed by atoms with van der Waals surface area (Å²) in [4.78, 5) is 34.8. The zero-order chi connectivity index (χ0) is 21.8. The third kappa shape index (κ3) is 5.34. The van der Waals surface area contributed by atoms with Gasteiger partial charge in [0, 0.05) is 57.9 Å². The number of rotatable bonds is 5. The van der Waals surface area contributed by atoms with Gasteiger partial charge in [-0.25, -0.2) is 0 Å². The minimum absolute atomic E-state index is 0.0141. The summed E-state index contributed by atoms with van der Waals surface area (Å²) in [5, 5.41) is 1.92. The van der Waals surface area contributed by atoms with Crippen LogP contribution in [0.3, 0.4) is 0 Å². The largest absolute Gasteiger partial charge is 0.338 e. The van der Waals surface area contributed by atoms with Crippen molar-refractivity contribution >= 4 is 23.2 Å². The predicted molar refractivity (Wildman–Crippen MR) is 124 cm³/mol. The molecule has 3 heterocycles. The van der Waals surface area contributed by atoms with Crippen LogP contribution in [0, 0.1) is 0 Å². The number of thiophene rings is 1. The van der Waals surface area contributed by atoms with E-state index in [9.17, 15) is 9.59 Å². The fraction of sp³-hybridized carbons (Fsp3) is 0.500. The van der Waals surface area contributed by atoms with E-state index >= 15 is 0 Å². The zero-order valence-electron chi connectivity index (χ0n) is 18.5. The molecule has 2 amide bonds. The monoisotopic (exact) mass is 440 g/mol. The first kappa shape index (κ1) is 22.0. The van der Waals surface area contributed by atoms with Gasteiger partial charge in [0.2, 0.25) is 5.91 Å². The number of carbonyl (C=O) groups is 2. The second-order valence-corrected chi connectivity index (χ2v) is 10.0. The lowest BCUT2D eigenvalue weighted by Gasteiger charge is -2.47. The van der Waals surface area contributed by atoms with Crippen LogP contribution in [0.5, 0.6) is 0 Å². The SMILES string of the molecule is CC1(C)CN(CC(=O)N2CCN(C(=O)c3cccs3)CC2)CCN1Cc1ccccc1. The van der Waals surface area contributed by atoms with Gasteiger partial charge >= 0.3 is 0 Å². The lowest BCUT2D eigenvalue weighted by molar-refractivity contribution is -0.135. The normalized spacial score (nSPS) is 20.1. The fourth-order valence-corrected chi connectivity index (χ4v) is 5.22. The molecule has 2 aliphatic heterocycles. The van der Waals surface area contributed by atoms with Crippen LogP contribution in [0.1, 0.15) is 29.1 Å². The molecule has 4 rings (SSSR count). The van der Waals surface area contributed by atoms with Crippen molar-refractivity contribution in [3.63, 3.8) is 0 Å². The van der Waals surface area contributed by atoms with E-state index in [4.69, 9.17) is 0 Å². The molecule has 31 heavy (non-hydrogen) atoms. The Morgan fingerprint density at radius 3 is 2.26 bits per heavy atom. The first-order valence-electron chi connectivity index (χ1n) is 11.0. The van der Waals surface area contributed by atoms with E-state index < -0.39 is 0 Å². The number of hydrogen-bond acceptors (Lipinski definition) is 5. The van der Waals surface area contributed by atoms with Crippen LogP contribution >= 0.6 is 11.3 Å². The number of benzene rings is 1. The van der Waals surface area contributed by atoms with Crippen LogP contribution in [-0.4, -0.2) is 89.3 Å². The van der Waals surface area contributed by atoms with E-state index in [2.05, 4.69) is 54.0 Å². The first-order chi connectivity index (χ1) is 14.9. The highest BCUT2D eigenvalue weighted by Gasteiger charge is 2.35. The van der Waals surface area contributed by atoms with E-state index in [0.29, 0.717) is 32.7 Å². The Hall–Kier alpha value is -2.22. The van der Waals surface area contributed by atoms with E-state index in [0.717, 1.165) is 31.1 Å². The number of piperazine rings is 2. The maximum absolute atomic E-state index is 12.9. The van der Waals surface area contributed by atoms with Crippen molar-refractivity contribution in [3.8, 4) is 0 Å². The standard InChI is InChI=1S/C24H32N4O2S/c1-24(2)19-25(10-15-28(24)17-20-7-4-3-5-8-20)18-22(29)26-11-13-27(14-12-26)23(30)21-9-6-16-31-21/h3-9,16H,10-15,17-19H2,1-2H3. The topological polar surface area (TPSA) is 47.1 Å². The molecule has 2 aliphatic rings. The molecular weight excluding hydrogens is 408 g/mol. The molecule has 6 nitrogen and oxygen atoms in total. The van der Waals surface area contributed by atoms with Crippen LogP contribution in [-0.2, 0) is 11.3 Å². The van der Waals surface area contributed by atoms with Gasteiger partial charge in [0.1, 0.15) is 0 Å². The second kappa shape index (κ2) is 9.51. The van der Waals surface area contributed by atoms with Gasteiger partial charge in [-0.1, -0.05) is 36.4 Å². The van der Waals surface area contributed by atoms with Crippen molar-refractivity contribution in [1.82, 2.24) is 19.6 Å². The van der Waals surface area contributed by atoms with Gasteiger partial charge in [0.25, 0.3) is 5.91 Å². The highest BCUT2D eigenvalue weighted by atomic mass is 32.1. The van der Waals surface area contributed by atoms with Gasteiger partial charge in [0.05, 0.1) is 11.4 Å². The minimum atomic E-state index is 0.0141. The van der Waals surface area contributed by atoms with Gasteiger partial charge in [-0.15, -0.1) is 11.3 Å². The average molecular weight is 441 g/mol. The summed E-state index contributed by atoms with van der Waals surface area (Å²) in [5.74, 6) is 0.258. The molecule has 0 N–H and O–H groups in total. The highest BCUT2D eigenvalue weighted by Crippen LogP contribution is 2.23. The van der Waals surface area contributed by atoms with Crippen LogP contribution in [0.25, 0.3) is 0 Å². The van der Waals surface area contributed by atoms with Gasteiger partial charge < -0.3 is 9.80 Å². The molecule has 7 heteroatoms. The Morgan fingerprint density at radius 1 is 0.903 bits per heavy atom. The summed E-state index contributed by atoms with van der Waals surface area (Å²) < 4.78 is 0. The molecule has 1 aromatic carbocycles. The van der Waals surface area contributed by atoms with Crippen LogP contribution in [0.15, 0.2) is 47.8 Å². The average Bonchev–Trinajstić information content (AvgIpc) is 3.31. The molecule has 0 saturated carbocycles. The second-order valence-electron chi connectivity index (χ2n) is 9.08. The third-order valence-electron chi connectivity index (χ3n) is 6.38. The third-order valence-corrected chi connectivity index (χ3v) is 7.24. The summed E-state index contributed by atoms with van der Waals surface area (Å²) in [5.41, 5.74) is 1.34. The molecule has 0 aliphatic carbocycles. The van der Waals surface area contributed by atoms with E-state index in [1.165, 1.54) is 16.9 Å². The molecule has 0 atom stereocenters. The van der Waals surface area contributed by atoms with Crippen LogP contribution < -0.4 is 0 Å². The molecule has 2 fully saturated rings. The summed E-state index contributed by atoms with van der Waals surface area (Å²) in [6.07, 6.45) is 0. The van der Waals surface area contributed by atoms with Gasteiger partial charge in [0.15, 0.2) is 0 Å². The number of nitrogens with zero attached hydrogens (tertiary/aromatic N) is 4. The quantitative estimate of drug-likeness (QED) is 0.717. The summed E-state index contributed by atoms with van der Waals surface area (Å²) in [6, 6.07) is 14.3. The van der Waals surface area contributed by atoms with Crippen molar-refractivity contribution < 1.29 is 9.59 Å². The van der Waals surface area contributed by atoms with Crippen molar-refractivity contribution in [3.05, 3.63) is 58.3 Å². The Kier molecular flexibility index (Phi) is 6.74. The lowest BCUT2D eigenvalue weighted by Crippen LogP contribution is -2.60. The van der Waals surface area contributed by atoms with Crippen molar-refractivity contribution in [1.29, 1.82) is 0 Å². The van der Waals surface area contributed by atoms with Gasteiger partial charge in [-0.3, -0.25) is 19.4 Å². The zero-order valence-corrected chi connectivity index (χ0v) is 19.3. The number of carbonyl (C=O) groups excluding carboxylic acids is 2. The minimum Gasteiger partial charge on any atom is -0.338 e. The maximum atomic E-state index is 12.9. The van der Waals surface area contributed by atoms with Crippen LogP contribution in [0.4, 0.5) is 0 Å². The van der Waals surface area contributed by atoms with Crippen LogP contribution in [0.2, 0.25) is 0 Å². The molecule has 2 saturated heterocycles. The predicted octanol–water partition coefficient (Wildman–Crippen LogP) is 2.63. The molecule has 0 bridgehead atoms. The van der Waals surface area contributed by atoms with Gasteiger partial charge in [-0.05, 0) is 30.9 Å². The smallest absolute Gasteiger partial charge is 0.264 e.